The maximum absolute atomic E-state index is 12.7. The van der Waals surface area contributed by atoms with Crippen molar-refractivity contribution in [1.29, 1.82) is 0 Å². The number of hydrogen-bond acceptors (Lipinski definition) is 3. The molecule has 2 fully saturated rings. The lowest BCUT2D eigenvalue weighted by molar-refractivity contribution is 0.0554. The Morgan fingerprint density at radius 3 is 2.70 bits per heavy atom. The summed E-state index contributed by atoms with van der Waals surface area (Å²) in [6.07, 6.45) is 2.25. The third-order valence-corrected chi connectivity index (χ3v) is 6.39. The fourth-order valence-corrected chi connectivity index (χ4v) is 4.99. The maximum Gasteiger partial charge on any atom is 0.254 e. The van der Waals surface area contributed by atoms with E-state index in [0.717, 1.165) is 31.6 Å². The van der Waals surface area contributed by atoms with Crippen LogP contribution in [0.3, 0.4) is 0 Å². The third-order valence-electron chi connectivity index (χ3n) is 5.71. The first-order chi connectivity index (χ1) is 11.2. The standard InChI is InChI=1S/C19H22N2OS/c1-20-10-8-19(16-5-3-2-4-6-16)9-11-21(13-17(19)20)18(22)15-7-12-23-14-15/h2-7,12,14,17H,8-11,13H2,1H3/t17-,19-/m0/s1. The molecule has 0 N–H and O–H groups in total. The van der Waals surface area contributed by atoms with Gasteiger partial charge in [-0.1, -0.05) is 30.3 Å². The van der Waals surface area contributed by atoms with E-state index in [0.29, 0.717) is 6.04 Å². The molecular formula is C19H22N2OS. The van der Waals surface area contributed by atoms with Crippen LogP contribution in [0.25, 0.3) is 0 Å². The number of nitrogens with zero attached hydrogens (tertiary/aromatic N) is 2. The number of carbonyl (C=O) groups excluding carboxylic acids is 1. The van der Waals surface area contributed by atoms with Gasteiger partial charge in [-0.2, -0.15) is 11.3 Å². The summed E-state index contributed by atoms with van der Waals surface area (Å²) in [5, 5.41) is 3.94. The van der Waals surface area contributed by atoms with E-state index in [2.05, 4.69) is 47.2 Å². The van der Waals surface area contributed by atoms with Gasteiger partial charge < -0.3 is 9.80 Å². The van der Waals surface area contributed by atoms with Crippen LogP contribution in [0.2, 0.25) is 0 Å². The zero-order valence-corrected chi connectivity index (χ0v) is 14.3. The average molecular weight is 326 g/mol. The molecule has 1 aromatic carbocycles. The predicted molar refractivity (Wildman–Crippen MR) is 94.0 cm³/mol. The SMILES string of the molecule is CN1CC[C@@]2(c3ccccc3)CCN(C(=O)c3ccsc3)C[C@H]12. The van der Waals surface area contributed by atoms with Crippen LogP contribution in [0.1, 0.15) is 28.8 Å². The van der Waals surface area contributed by atoms with Crippen molar-refractivity contribution in [2.75, 3.05) is 26.7 Å². The van der Waals surface area contributed by atoms with Gasteiger partial charge in [-0.05, 0) is 43.4 Å². The molecule has 0 spiro atoms. The molecule has 2 aliphatic rings. The van der Waals surface area contributed by atoms with Gasteiger partial charge in [0.15, 0.2) is 0 Å². The predicted octanol–water partition coefficient (Wildman–Crippen LogP) is 3.24. The summed E-state index contributed by atoms with van der Waals surface area (Å²) in [6.45, 7) is 2.80. The van der Waals surface area contributed by atoms with Gasteiger partial charge in [-0.3, -0.25) is 4.79 Å². The van der Waals surface area contributed by atoms with E-state index in [1.165, 1.54) is 12.0 Å². The molecule has 0 radical (unpaired) electrons. The Morgan fingerprint density at radius 1 is 1.17 bits per heavy atom. The lowest BCUT2D eigenvalue weighted by atomic mass is 9.69. The molecule has 2 aromatic rings. The van der Waals surface area contributed by atoms with E-state index in [1.807, 2.05) is 16.8 Å². The summed E-state index contributed by atoms with van der Waals surface area (Å²) in [7, 11) is 2.20. The van der Waals surface area contributed by atoms with Gasteiger partial charge in [0.05, 0.1) is 5.56 Å². The van der Waals surface area contributed by atoms with Crippen molar-refractivity contribution in [2.24, 2.45) is 0 Å². The minimum Gasteiger partial charge on any atom is -0.337 e. The molecule has 2 atom stereocenters. The largest absolute Gasteiger partial charge is 0.337 e. The summed E-state index contributed by atoms with van der Waals surface area (Å²) in [6, 6.07) is 13.3. The molecule has 2 saturated heterocycles. The number of fused-ring (bicyclic) bond motifs is 1. The van der Waals surface area contributed by atoms with Gasteiger partial charge in [0.25, 0.3) is 5.91 Å². The second-order valence-electron chi connectivity index (χ2n) is 6.78. The first-order valence-corrected chi connectivity index (χ1v) is 9.22. The molecule has 120 valence electrons. The molecule has 1 amide bonds. The molecule has 3 nitrogen and oxygen atoms in total. The number of piperidine rings is 1. The first kappa shape index (κ1) is 14.9. The van der Waals surface area contributed by atoms with Gasteiger partial charge >= 0.3 is 0 Å². The zero-order valence-electron chi connectivity index (χ0n) is 13.4. The number of thiophene rings is 1. The highest BCUT2D eigenvalue weighted by Crippen LogP contribution is 2.45. The summed E-state index contributed by atoms with van der Waals surface area (Å²) in [5.74, 6) is 0.188. The van der Waals surface area contributed by atoms with Crippen molar-refractivity contribution in [3.8, 4) is 0 Å². The third kappa shape index (κ3) is 2.41. The van der Waals surface area contributed by atoms with E-state index >= 15 is 0 Å². The van der Waals surface area contributed by atoms with Crippen LogP contribution < -0.4 is 0 Å². The molecule has 4 heteroatoms. The highest BCUT2D eigenvalue weighted by Gasteiger charge is 2.50. The number of rotatable bonds is 2. The Balaban J connectivity index is 1.62. The van der Waals surface area contributed by atoms with Crippen LogP contribution in [-0.2, 0) is 5.41 Å². The Kier molecular flexibility index (Phi) is 3.74. The first-order valence-electron chi connectivity index (χ1n) is 8.28. The van der Waals surface area contributed by atoms with E-state index in [9.17, 15) is 4.79 Å². The second-order valence-corrected chi connectivity index (χ2v) is 7.56. The lowest BCUT2D eigenvalue weighted by Crippen LogP contribution is -2.56. The Labute approximate surface area is 141 Å². The van der Waals surface area contributed by atoms with Crippen molar-refractivity contribution < 1.29 is 4.79 Å². The highest BCUT2D eigenvalue weighted by atomic mass is 32.1. The summed E-state index contributed by atoms with van der Waals surface area (Å²) >= 11 is 1.59. The van der Waals surface area contributed by atoms with Crippen molar-refractivity contribution >= 4 is 17.2 Å². The molecule has 0 aliphatic carbocycles. The van der Waals surface area contributed by atoms with E-state index in [1.54, 1.807) is 11.3 Å². The molecule has 3 heterocycles. The molecule has 23 heavy (non-hydrogen) atoms. The van der Waals surface area contributed by atoms with E-state index in [-0.39, 0.29) is 11.3 Å². The average Bonchev–Trinajstić information content (AvgIpc) is 3.24. The second kappa shape index (κ2) is 5.77. The molecule has 0 bridgehead atoms. The minimum absolute atomic E-state index is 0.188. The summed E-state index contributed by atoms with van der Waals surface area (Å²) in [5.41, 5.74) is 2.49. The fraction of sp³-hybridized carbons (Fsp3) is 0.421. The van der Waals surface area contributed by atoms with Crippen LogP contribution in [0.15, 0.2) is 47.2 Å². The normalized spacial score (nSPS) is 27.9. The molecule has 0 unspecified atom stereocenters. The van der Waals surface area contributed by atoms with Gasteiger partial charge in [0.1, 0.15) is 0 Å². The topological polar surface area (TPSA) is 23.6 Å². The number of hydrogen-bond donors (Lipinski definition) is 0. The molecule has 2 aliphatic heterocycles. The fourth-order valence-electron chi connectivity index (χ4n) is 4.36. The van der Waals surface area contributed by atoms with Gasteiger partial charge in [-0.25, -0.2) is 0 Å². The monoisotopic (exact) mass is 326 g/mol. The van der Waals surface area contributed by atoms with Crippen molar-refractivity contribution in [3.63, 3.8) is 0 Å². The van der Waals surface area contributed by atoms with Crippen molar-refractivity contribution in [3.05, 3.63) is 58.3 Å². The van der Waals surface area contributed by atoms with Crippen LogP contribution in [-0.4, -0.2) is 48.4 Å². The van der Waals surface area contributed by atoms with Crippen LogP contribution in [0.4, 0.5) is 0 Å². The lowest BCUT2D eigenvalue weighted by Gasteiger charge is -2.46. The van der Waals surface area contributed by atoms with Crippen LogP contribution in [0.5, 0.6) is 0 Å². The Hall–Kier alpha value is -1.65. The van der Waals surface area contributed by atoms with Gasteiger partial charge in [0.2, 0.25) is 0 Å². The molecule has 4 rings (SSSR count). The number of likely N-dealkylation sites (N-methyl/N-ethyl adjacent to an activating group) is 1. The van der Waals surface area contributed by atoms with Crippen LogP contribution >= 0.6 is 11.3 Å². The minimum atomic E-state index is 0.188. The van der Waals surface area contributed by atoms with Gasteiger partial charge in [-0.15, -0.1) is 0 Å². The number of amides is 1. The maximum atomic E-state index is 12.7. The zero-order chi connectivity index (χ0) is 15.9. The van der Waals surface area contributed by atoms with Crippen molar-refractivity contribution in [2.45, 2.75) is 24.3 Å². The molecule has 1 aromatic heterocycles. The Bertz CT molecular complexity index is 685. The highest BCUT2D eigenvalue weighted by molar-refractivity contribution is 7.08. The van der Waals surface area contributed by atoms with E-state index < -0.39 is 0 Å². The quantitative estimate of drug-likeness (QED) is 0.846. The van der Waals surface area contributed by atoms with Crippen LogP contribution in [0, 0.1) is 0 Å². The van der Waals surface area contributed by atoms with E-state index in [4.69, 9.17) is 0 Å². The Morgan fingerprint density at radius 2 is 1.96 bits per heavy atom. The number of benzene rings is 1. The van der Waals surface area contributed by atoms with Gasteiger partial charge in [0, 0.05) is 29.9 Å². The van der Waals surface area contributed by atoms with Crippen molar-refractivity contribution in [1.82, 2.24) is 9.80 Å². The molecular weight excluding hydrogens is 304 g/mol. The summed E-state index contributed by atoms with van der Waals surface area (Å²) in [4.78, 5) is 17.2. The summed E-state index contributed by atoms with van der Waals surface area (Å²) < 4.78 is 0. The molecule has 0 saturated carbocycles. The number of likely N-dealkylation sites (tertiary alicyclic amines) is 2. The number of carbonyl (C=O) groups is 1. The smallest absolute Gasteiger partial charge is 0.254 e.